The summed E-state index contributed by atoms with van der Waals surface area (Å²) in [5.74, 6) is 1.77. The van der Waals surface area contributed by atoms with Gasteiger partial charge in [-0.15, -0.1) is 0 Å². The number of guanidine groups is 1. The van der Waals surface area contributed by atoms with Crippen molar-refractivity contribution in [1.82, 2.24) is 10.6 Å². The van der Waals surface area contributed by atoms with Crippen LogP contribution in [0.25, 0.3) is 0 Å². The van der Waals surface area contributed by atoms with Crippen LogP contribution in [0.2, 0.25) is 0 Å². The molecule has 0 amide bonds. The van der Waals surface area contributed by atoms with E-state index >= 15 is 0 Å². The molecule has 6 nitrogen and oxygen atoms in total. The summed E-state index contributed by atoms with van der Waals surface area (Å²) in [6.45, 7) is 1.10. The van der Waals surface area contributed by atoms with Crippen LogP contribution in [-0.4, -0.2) is 58.5 Å². The van der Waals surface area contributed by atoms with Gasteiger partial charge in [0.15, 0.2) is 5.96 Å². The number of hydrogen-bond donors (Lipinski definition) is 2. The van der Waals surface area contributed by atoms with Crippen molar-refractivity contribution in [2.75, 3.05) is 44.8 Å². The molecule has 1 atom stereocenters. The molecule has 8 heteroatoms. The Morgan fingerprint density at radius 1 is 1.29 bits per heavy atom. The van der Waals surface area contributed by atoms with Crippen LogP contribution >= 0.6 is 0 Å². The van der Waals surface area contributed by atoms with Gasteiger partial charge in [0, 0.05) is 45.9 Å². The number of aliphatic imine (C=N–C) groups is 1. The van der Waals surface area contributed by atoms with E-state index in [0.717, 1.165) is 51.0 Å². The third kappa shape index (κ3) is 6.51. The normalized spacial score (nSPS) is 19.9. The molecule has 1 aromatic carbocycles. The minimum absolute atomic E-state index is 0.192. The standard InChI is InChI=1S/C20H30F2N4O2/c1-23-20(24-10-4-12-27-14-15-7-8-15)25-16-9-11-26(13-16)17-5-2-3-6-18(17)28-19(21)22/h2-3,5-6,15-16,19H,4,7-14H2,1H3,(H2,23,24,25). The number of benzene rings is 1. The number of anilines is 1. The van der Waals surface area contributed by atoms with Gasteiger partial charge in [0.25, 0.3) is 0 Å². The molecule has 0 spiro atoms. The molecule has 1 heterocycles. The van der Waals surface area contributed by atoms with Crippen molar-refractivity contribution in [2.45, 2.75) is 38.3 Å². The number of hydrogen-bond acceptors (Lipinski definition) is 4. The molecule has 2 N–H and O–H groups in total. The topological polar surface area (TPSA) is 58.1 Å². The Morgan fingerprint density at radius 2 is 2.11 bits per heavy atom. The summed E-state index contributed by atoms with van der Waals surface area (Å²) in [6.07, 6.45) is 4.45. The van der Waals surface area contributed by atoms with E-state index in [1.54, 1.807) is 19.2 Å². The lowest BCUT2D eigenvalue weighted by atomic mass is 10.2. The lowest BCUT2D eigenvalue weighted by Crippen LogP contribution is -2.45. The van der Waals surface area contributed by atoms with Gasteiger partial charge in [-0.3, -0.25) is 4.99 Å². The third-order valence-corrected chi connectivity index (χ3v) is 4.98. The Bertz CT molecular complexity index is 640. The largest absolute Gasteiger partial charge is 0.433 e. The van der Waals surface area contributed by atoms with Crippen LogP contribution < -0.4 is 20.3 Å². The fourth-order valence-electron chi connectivity index (χ4n) is 3.31. The molecule has 156 valence electrons. The van der Waals surface area contributed by atoms with E-state index in [2.05, 4.69) is 25.3 Å². The van der Waals surface area contributed by atoms with Crippen LogP contribution in [0.4, 0.5) is 14.5 Å². The van der Waals surface area contributed by atoms with Crippen molar-refractivity contribution < 1.29 is 18.3 Å². The van der Waals surface area contributed by atoms with E-state index < -0.39 is 6.61 Å². The van der Waals surface area contributed by atoms with Crippen LogP contribution in [0, 0.1) is 5.92 Å². The molecule has 0 bridgehead atoms. The number of rotatable bonds is 10. The zero-order chi connectivity index (χ0) is 19.8. The van der Waals surface area contributed by atoms with Gasteiger partial charge < -0.3 is 25.0 Å². The molecular weight excluding hydrogens is 366 g/mol. The molecule has 1 aliphatic heterocycles. The average Bonchev–Trinajstić information content (AvgIpc) is 3.40. The Labute approximate surface area is 165 Å². The van der Waals surface area contributed by atoms with Gasteiger partial charge in [-0.05, 0) is 43.7 Å². The number of ether oxygens (including phenoxy) is 2. The molecule has 0 aromatic heterocycles. The second-order valence-electron chi connectivity index (χ2n) is 7.29. The van der Waals surface area contributed by atoms with E-state index in [4.69, 9.17) is 4.74 Å². The SMILES string of the molecule is CN=C(NCCCOCC1CC1)NC1CCN(c2ccccc2OC(F)F)C1. The maximum absolute atomic E-state index is 12.6. The van der Waals surface area contributed by atoms with Crippen LogP contribution in [0.1, 0.15) is 25.7 Å². The number of para-hydroxylation sites is 2. The maximum atomic E-state index is 12.6. The summed E-state index contributed by atoms with van der Waals surface area (Å²) in [5, 5.41) is 6.72. The number of nitrogens with zero attached hydrogens (tertiary/aromatic N) is 2. The fraction of sp³-hybridized carbons (Fsp3) is 0.650. The molecule has 2 fully saturated rings. The van der Waals surface area contributed by atoms with Gasteiger partial charge in [0.05, 0.1) is 5.69 Å². The van der Waals surface area contributed by atoms with Crippen LogP contribution in [0.3, 0.4) is 0 Å². The lowest BCUT2D eigenvalue weighted by Gasteiger charge is -2.22. The van der Waals surface area contributed by atoms with Crippen molar-refractivity contribution in [2.24, 2.45) is 10.9 Å². The maximum Gasteiger partial charge on any atom is 0.387 e. The smallest absolute Gasteiger partial charge is 0.387 e. The first-order valence-corrected chi connectivity index (χ1v) is 9.99. The molecule has 28 heavy (non-hydrogen) atoms. The van der Waals surface area contributed by atoms with Crippen LogP contribution in [-0.2, 0) is 4.74 Å². The quantitative estimate of drug-likeness (QED) is 0.362. The Kier molecular flexibility index (Phi) is 7.71. The molecule has 1 aromatic rings. The minimum Gasteiger partial charge on any atom is -0.433 e. The van der Waals surface area contributed by atoms with Crippen molar-refractivity contribution in [1.29, 1.82) is 0 Å². The number of halogens is 2. The Balaban J connectivity index is 1.40. The second-order valence-corrected chi connectivity index (χ2v) is 7.29. The summed E-state index contributed by atoms with van der Waals surface area (Å²) in [4.78, 5) is 6.34. The van der Waals surface area contributed by atoms with Crippen molar-refractivity contribution in [3.63, 3.8) is 0 Å². The molecular formula is C20H30F2N4O2. The minimum atomic E-state index is -2.83. The predicted octanol–water partition coefficient (Wildman–Crippen LogP) is 2.85. The predicted molar refractivity (Wildman–Crippen MR) is 106 cm³/mol. The van der Waals surface area contributed by atoms with Crippen molar-refractivity contribution in [3.8, 4) is 5.75 Å². The molecule has 1 saturated heterocycles. The molecule has 3 rings (SSSR count). The highest BCUT2D eigenvalue weighted by molar-refractivity contribution is 5.80. The molecule has 1 saturated carbocycles. The first-order chi connectivity index (χ1) is 13.7. The zero-order valence-corrected chi connectivity index (χ0v) is 16.4. The van der Waals surface area contributed by atoms with Gasteiger partial charge in [0.1, 0.15) is 5.75 Å². The summed E-state index contributed by atoms with van der Waals surface area (Å²) in [6, 6.07) is 7.12. The van der Waals surface area contributed by atoms with Gasteiger partial charge >= 0.3 is 6.61 Å². The van der Waals surface area contributed by atoms with Gasteiger partial charge in [-0.25, -0.2) is 0 Å². The van der Waals surface area contributed by atoms with Crippen LogP contribution in [0.5, 0.6) is 5.75 Å². The Hall–Kier alpha value is -2.09. The highest BCUT2D eigenvalue weighted by Gasteiger charge is 2.26. The van der Waals surface area contributed by atoms with Gasteiger partial charge in [-0.1, -0.05) is 12.1 Å². The first-order valence-electron chi connectivity index (χ1n) is 9.99. The van der Waals surface area contributed by atoms with E-state index in [0.29, 0.717) is 12.2 Å². The summed E-state index contributed by atoms with van der Waals surface area (Å²) >= 11 is 0. The average molecular weight is 396 g/mol. The highest BCUT2D eigenvalue weighted by Crippen LogP contribution is 2.31. The van der Waals surface area contributed by atoms with E-state index in [1.165, 1.54) is 12.8 Å². The van der Waals surface area contributed by atoms with Crippen LogP contribution in [0.15, 0.2) is 29.3 Å². The monoisotopic (exact) mass is 396 g/mol. The molecule has 1 unspecified atom stereocenters. The molecule has 2 aliphatic rings. The summed E-state index contributed by atoms with van der Waals surface area (Å²) in [5.41, 5.74) is 0.697. The van der Waals surface area contributed by atoms with E-state index in [1.807, 2.05) is 12.1 Å². The zero-order valence-electron chi connectivity index (χ0n) is 16.4. The lowest BCUT2D eigenvalue weighted by molar-refractivity contribution is -0.0495. The van der Waals surface area contributed by atoms with Crippen molar-refractivity contribution >= 4 is 11.6 Å². The van der Waals surface area contributed by atoms with Crippen molar-refractivity contribution in [3.05, 3.63) is 24.3 Å². The third-order valence-electron chi connectivity index (χ3n) is 4.98. The number of alkyl halides is 2. The highest BCUT2D eigenvalue weighted by atomic mass is 19.3. The molecule has 0 radical (unpaired) electrons. The van der Waals surface area contributed by atoms with E-state index in [9.17, 15) is 8.78 Å². The summed E-state index contributed by atoms with van der Waals surface area (Å²) in [7, 11) is 1.75. The number of nitrogens with one attached hydrogen (secondary N) is 2. The summed E-state index contributed by atoms with van der Waals surface area (Å²) < 4.78 is 35.6. The van der Waals surface area contributed by atoms with Gasteiger partial charge in [-0.2, -0.15) is 8.78 Å². The van der Waals surface area contributed by atoms with E-state index in [-0.39, 0.29) is 11.8 Å². The van der Waals surface area contributed by atoms with Gasteiger partial charge in [0.2, 0.25) is 0 Å². The molecule has 1 aliphatic carbocycles. The second kappa shape index (κ2) is 10.5. The Morgan fingerprint density at radius 3 is 2.86 bits per heavy atom. The fourth-order valence-corrected chi connectivity index (χ4v) is 3.31. The first kappa shape index (κ1) is 20.6.